The molecule has 0 radical (unpaired) electrons. The Morgan fingerprint density at radius 2 is 1.77 bits per heavy atom. The zero-order valence-corrected chi connectivity index (χ0v) is 17.8. The Labute approximate surface area is 184 Å². The SMILES string of the molecule is COc1ccc(/C=C/C(=O)c2ccc(Cl)cc2)cc1COc1ccc(C)cc1[N+](=O)[O-]. The van der Waals surface area contributed by atoms with E-state index in [1.54, 1.807) is 55.5 Å². The van der Waals surface area contributed by atoms with Gasteiger partial charge in [-0.25, -0.2) is 0 Å². The minimum atomic E-state index is -0.471. The molecule has 0 spiro atoms. The van der Waals surface area contributed by atoms with Gasteiger partial charge in [-0.2, -0.15) is 0 Å². The van der Waals surface area contributed by atoms with E-state index in [0.29, 0.717) is 21.9 Å². The molecule has 158 valence electrons. The monoisotopic (exact) mass is 437 g/mol. The third-order valence-electron chi connectivity index (χ3n) is 4.55. The molecule has 0 unspecified atom stereocenters. The minimum absolute atomic E-state index is 0.0693. The fourth-order valence-electron chi connectivity index (χ4n) is 2.94. The molecule has 0 aromatic heterocycles. The highest BCUT2D eigenvalue weighted by atomic mass is 35.5. The number of nitrogens with zero attached hydrogens (tertiary/aromatic N) is 1. The summed E-state index contributed by atoms with van der Waals surface area (Å²) in [5, 5.41) is 11.9. The Morgan fingerprint density at radius 1 is 1.06 bits per heavy atom. The molecule has 0 aliphatic rings. The largest absolute Gasteiger partial charge is 0.496 e. The van der Waals surface area contributed by atoms with Crippen molar-refractivity contribution in [2.45, 2.75) is 13.5 Å². The fourth-order valence-corrected chi connectivity index (χ4v) is 3.07. The molecular formula is C24H20ClNO5. The highest BCUT2D eigenvalue weighted by Crippen LogP contribution is 2.30. The van der Waals surface area contributed by atoms with Crippen LogP contribution < -0.4 is 9.47 Å². The second-order valence-electron chi connectivity index (χ2n) is 6.79. The van der Waals surface area contributed by atoms with Crippen LogP contribution >= 0.6 is 11.6 Å². The molecule has 3 aromatic rings. The molecular weight excluding hydrogens is 418 g/mol. The molecule has 0 bridgehead atoms. The number of ether oxygens (including phenoxy) is 2. The van der Waals surface area contributed by atoms with E-state index in [2.05, 4.69) is 0 Å². The van der Waals surface area contributed by atoms with E-state index in [9.17, 15) is 14.9 Å². The molecule has 31 heavy (non-hydrogen) atoms. The van der Waals surface area contributed by atoms with Crippen LogP contribution in [0, 0.1) is 17.0 Å². The molecule has 0 aliphatic carbocycles. The lowest BCUT2D eigenvalue weighted by Crippen LogP contribution is -2.02. The number of nitro benzene ring substituents is 1. The van der Waals surface area contributed by atoms with Crippen LogP contribution in [0.25, 0.3) is 6.08 Å². The fraction of sp³-hybridized carbons (Fsp3) is 0.125. The van der Waals surface area contributed by atoms with E-state index in [1.165, 1.54) is 19.3 Å². The van der Waals surface area contributed by atoms with Gasteiger partial charge < -0.3 is 9.47 Å². The van der Waals surface area contributed by atoms with Gasteiger partial charge in [-0.1, -0.05) is 29.8 Å². The van der Waals surface area contributed by atoms with Gasteiger partial charge in [0.2, 0.25) is 0 Å². The molecule has 0 fully saturated rings. The second kappa shape index (κ2) is 9.91. The van der Waals surface area contributed by atoms with Crippen molar-refractivity contribution < 1.29 is 19.2 Å². The lowest BCUT2D eigenvalue weighted by atomic mass is 10.1. The zero-order chi connectivity index (χ0) is 22.4. The van der Waals surface area contributed by atoms with Crippen LogP contribution in [0.3, 0.4) is 0 Å². The summed E-state index contributed by atoms with van der Waals surface area (Å²) < 4.78 is 11.1. The number of hydrogen-bond donors (Lipinski definition) is 0. The summed E-state index contributed by atoms with van der Waals surface area (Å²) in [7, 11) is 1.53. The van der Waals surface area contributed by atoms with E-state index in [0.717, 1.165) is 11.1 Å². The molecule has 3 aromatic carbocycles. The van der Waals surface area contributed by atoms with Crippen molar-refractivity contribution in [1.29, 1.82) is 0 Å². The van der Waals surface area contributed by atoms with E-state index < -0.39 is 4.92 Å². The topological polar surface area (TPSA) is 78.7 Å². The van der Waals surface area contributed by atoms with Crippen LogP contribution in [0.1, 0.15) is 27.0 Å². The first-order valence-corrected chi connectivity index (χ1v) is 9.78. The molecule has 0 atom stereocenters. The van der Waals surface area contributed by atoms with Crippen molar-refractivity contribution in [3.8, 4) is 11.5 Å². The maximum Gasteiger partial charge on any atom is 0.311 e. The first-order valence-electron chi connectivity index (χ1n) is 9.40. The zero-order valence-electron chi connectivity index (χ0n) is 17.0. The maximum absolute atomic E-state index is 12.3. The van der Waals surface area contributed by atoms with Crippen molar-refractivity contribution in [1.82, 2.24) is 0 Å². The Hall–Kier alpha value is -3.64. The van der Waals surface area contributed by atoms with Gasteiger partial charge in [0.15, 0.2) is 11.5 Å². The maximum atomic E-state index is 12.3. The number of rotatable bonds is 8. The number of halogens is 1. The van der Waals surface area contributed by atoms with Crippen LogP contribution in [-0.2, 0) is 6.61 Å². The molecule has 6 nitrogen and oxygen atoms in total. The Morgan fingerprint density at radius 3 is 2.45 bits per heavy atom. The number of methoxy groups -OCH3 is 1. The third kappa shape index (κ3) is 5.71. The highest BCUT2D eigenvalue weighted by Gasteiger charge is 2.16. The van der Waals surface area contributed by atoms with E-state index >= 15 is 0 Å². The summed E-state index contributed by atoms with van der Waals surface area (Å²) in [6.07, 6.45) is 3.16. The van der Waals surface area contributed by atoms with E-state index in [4.69, 9.17) is 21.1 Å². The highest BCUT2D eigenvalue weighted by molar-refractivity contribution is 6.30. The quantitative estimate of drug-likeness (QED) is 0.186. The number of carbonyl (C=O) groups is 1. The Bertz CT molecular complexity index is 1140. The summed E-state index contributed by atoms with van der Waals surface area (Å²) in [4.78, 5) is 23.2. The third-order valence-corrected chi connectivity index (χ3v) is 4.81. The van der Waals surface area contributed by atoms with Gasteiger partial charge in [0.25, 0.3) is 0 Å². The van der Waals surface area contributed by atoms with Crippen molar-refractivity contribution in [3.63, 3.8) is 0 Å². The average molecular weight is 438 g/mol. The van der Waals surface area contributed by atoms with Crippen molar-refractivity contribution in [2.24, 2.45) is 0 Å². The molecule has 0 aliphatic heterocycles. The van der Waals surface area contributed by atoms with Crippen LogP contribution in [0.2, 0.25) is 5.02 Å². The van der Waals surface area contributed by atoms with Crippen LogP contribution in [0.4, 0.5) is 5.69 Å². The van der Waals surface area contributed by atoms with Gasteiger partial charge in [0, 0.05) is 22.2 Å². The smallest absolute Gasteiger partial charge is 0.311 e. The minimum Gasteiger partial charge on any atom is -0.496 e. The van der Waals surface area contributed by atoms with Crippen LogP contribution in [0.5, 0.6) is 11.5 Å². The number of ketones is 1. The summed E-state index contributed by atoms with van der Waals surface area (Å²) in [5.41, 5.74) is 2.67. The number of allylic oxidation sites excluding steroid dienone is 1. The first-order chi connectivity index (χ1) is 14.9. The average Bonchev–Trinajstić information content (AvgIpc) is 2.77. The number of benzene rings is 3. The number of nitro groups is 1. The van der Waals surface area contributed by atoms with Gasteiger partial charge in [-0.05, 0) is 66.6 Å². The van der Waals surface area contributed by atoms with Gasteiger partial charge >= 0.3 is 5.69 Å². The Balaban J connectivity index is 1.79. The van der Waals surface area contributed by atoms with Crippen molar-refractivity contribution >= 4 is 29.1 Å². The van der Waals surface area contributed by atoms with E-state index in [1.807, 2.05) is 12.1 Å². The number of hydrogen-bond acceptors (Lipinski definition) is 5. The molecule has 0 saturated carbocycles. The lowest BCUT2D eigenvalue weighted by Gasteiger charge is -2.12. The molecule has 3 rings (SSSR count). The number of aryl methyl sites for hydroxylation is 1. The van der Waals surface area contributed by atoms with Gasteiger partial charge in [-0.15, -0.1) is 0 Å². The summed E-state index contributed by atoms with van der Waals surface area (Å²) >= 11 is 5.85. The molecule has 0 heterocycles. The predicted molar refractivity (Wildman–Crippen MR) is 120 cm³/mol. The predicted octanol–water partition coefficient (Wildman–Crippen LogP) is 6.04. The van der Waals surface area contributed by atoms with Crippen molar-refractivity contribution in [3.05, 3.63) is 104 Å². The molecule has 7 heteroatoms. The van der Waals surface area contributed by atoms with Crippen LogP contribution in [0.15, 0.2) is 66.7 Å². The standard InChI is InChI=1S/C24H20ClNO5/c1-16-3-11-24(21(13-16)26(28)29)31-15-19-14-17(5-12-23(19)30-2)4-10-22(27)18-6-8-20(25)9-7-18/h3-14H,15H2,1-2H3/b10-4+. The van der Waals surface area contributed by atoms with Crippen molar-refractivity contribution in [2.75, 3.05) is 7.11 Å². The van der Waals surface area contributed by atoms with Gasteiger partial charge in [-0.3, -0.25) is 14.9 Å². The summed E-state index contributed by atoms with van der Waals surface area (Å²) in [5.74, 6) is 0.605. The summed E-state index contributed by atoms with van der Waals surface area (Å²) in [6, 6.07) is 16.8. The van der Waals surface area contributed by atoms with Crippen LogP contribution in [-0.4, -0.2) is 17.8 Å². The van der Waals surface area contributed by atoms with E-state index in [-0.39, 0.29) is 23.8 Å². The second-order valence-corrected chi connectivity index (χ2v) is 7.23. The van der Waals surface area contributed by atoms with Gasteiger partial charge in [0.1, 0.15) is 12.4 Å². The first kappa shape index (κ1) is 22.1. The normalized spacial score (nSPS) is 10.8. The molecule has 0 N–H and O–H groups in total. The van der Waals surface area contributed by atoms with Gasteiger partial charge in [0.05, 0.1) is 12.0 Å². The lowest BCUT2D eigenvalue weighted by molar-refractivity contribution is -0.386. The Kier molecular flexibility index (Phi) is 7.05. The molecule has 0 amide bonds. The number of carbonyl (C=O) groups excluding carboxylic acids is 1. The molecule has 0 saturated heterocycles. The summed E-state index contributed by atoms with van der Waals surface area (Å²) in [6.45, 7) is 1.85.